The summed E-state index contributed by atoms with van der Waals surface area (Å²) >= 11 is 0. The number of carbonyl (C=O) groups excluding carboxylic acids is 1. The lowest BCUT2D eigenvalue weighted by molar-refractivity contribution is 0.0903. The summed E-state index contributed by atoms with van der Waals surface area (Å²) in [5, 5.41) is 16.5. The minimum Gasteiger partial charge on any atom is -0.385 e. The van der Waals surface area contributed by atoms with Crippen LogP contribution in [-0.2, 0) is 7.05 Å². The van der Waals surface area contributed by atoms with Gasteiger partial charge in [0.05, 0.1) is 0 Å². The molecule has 6 heteroatoms. The van der Waals surface area contributed by atoms with Gasteiger partial charge in [0.15, 0.2) is 11.5 Å². The van der Waals surface area contributed by atoms with E-state index in [-0.39, 0.29) is 18.1 Å². The predicted octanol–water partition coefficient (Wildman–Crippen LogP) is 2.14. The summed E-state index contributed by atoms with van der Waals surface area (Å²) in [5.74, 6) is 0.142. The number of aryl methyl sites for hydroxylation is 1. The van der Waals surface area contributed by atoms with Crippen LogP contribution >= 0.6 is 0 Å². The molecule has 0 radical (unpaired) electrons. The Morgan fingerprint density at radius 1 is 1.30 bits per heavy atom. The average Bonchev–Trinajstić information content (AvgIpc) is 3.22. The largest absolute Gasteiger partial charge is 0.385 e. The summed E-state index contributed by atoms with van der Waals surface area (Å²) in [4.78, 5) is 12.1. The highest BCUT2D eigenvalue weighted by Gasteiger charge is 2.16. The van der Waals surface area contributed by atoms with E-state index in [0.29, 0.717) is 5.76 Å². The van der Waals surface area contributed by atoms with Crippen LogP contribution in [0.5, 0.6) is 0 Å². The van der Waals surface area contributed by atoms with Crippen LogP contribution < -0.4 is 5.32 Å². The number of hydrogen-bond donors (Lipinski definition) is 2. The summed E-state index contributed by atoms with van der Waals surface area (Å²) in [6.45, 7) is 0.101. The van der Waals surface area contributed by atoms with E-state index in [1.54, 1.807) is 16.7 Å². The lowest BCUT2D eigenvalue weighted by Crippen LogP contribution is -2.29. The fourth-order valence-corrected chi connectivity index (χ4v) is 2.33. The lowest BCUT2D eigenvalue weighted by Gasteiger charge is -2.12. The molecule has 0 aliphatic heterocycles. The van der Waals surface area contributed by atoms with Crippen LogP contribution in [0.25, 0.3) is 11.3 Å². The van der Waals surface area contributed by atoms with Crippen molar-refractivity contribution in [1.29, 1.82) is 0 Å². The molecule has 0 fully saturated rings. The Labute approximate surface area is 133 Å². The summed E-state index contributed by atoms with van der Waals surface area (Å²) in [7, 11) is 1.84. The molecule has 6 nitrogen and oxygen atoms in total. The first-order valence-electron chi connectivity index (χ1n) is 7.25. The van der Waals surface area contributed by atoms with Gasteiger partial charge >= 0.3 is 0 Å². The van der Waals surface area contributed by atoms with E-state index < -0.39 is 6.10 Å². The first-order chi connectivity index (χ1) is 11.1. The molecular formula is C17H17N3O3. The molecule has 0 saturated heterocycles. The number of benzene rings is 1. The lowest BCUT2D eigenvalue weighted by atomic mass is 10.1. The Morgan fingerprint density at radius 3 is 2.78 bits per heavy atom. The standard InChI is InChI=1S/C17H17N3O3/c1-20-9-5-8-14(20)15(21)11-18-17(22)13-10-16(23-19-13)12-6-3-2-4-7-12/h2-10,15,21H,11H2,1H3,(H,18,22)/t15-/m1/s1. The Bertz CT molecular complexity index is 792. The highest BCUT2D eigenvalue weighted by molar-refractivity contribution is 5.93. The number of hydrogen-bond acceptors (Lipinski definition) is 4. The van der Waals surface area contributed by atoms with Crippen LogP contribution in [0.3, 0.4) is 0 Å². The van der Waals surface area contributed by atoms with Crippen molar-refractivity contribution in [2.75, 3.05) is 6.54 Å². The minimum atomic E-state index is -0.778. The Kier molecular flexibility index (Phi) is 4.25. The van der Waals surface area contributed by atoms with Gasteiger partial charge in [-0.1, -0.05) is 35.5 Å². The second-order valence-electron chi connectivity index (χ2n) is 5.21. The number of aromatic nitrogens is 2. The number of rotatable bonds is 5. The second-order valence-corrected chi connectivity index (χ2v) is 5.21. The van der Waals surface area contributed by atoms with Gasteiger partial charge in [0.1, 0.15) is 6.10 Å². The molecule has 118 valence electrons. The van der Waals surface area contributed by atoms with Crippen LogP contribution in [0.2, 0.25) is 0 Å². The number of nitrogens with zero attached hydrogens (tertiary/aromatic N) is 2. The SMILES string of the molecule is Cn1cccc1[C@H](O)CNC(=O)c1cc(-c2ccccc2)on1. The number of carbonyl (C=O) groups is 1. The van der Waals surface area contributed by atoms with Gasteiger partial charge in [-0.15, -0.1) is 0 Å². The Morgan fingerprint density at radius 2 is 2.09 bits per heavy atom. The summed E-state index contributed by atoms with van der Waals surface area (Å²) in [6, 6.07) is 14.6. The van der Waals surface area contributed by atoms with Crippen molar-refractivity contribution >= 4 is 5.91 Å². The molecule has 3 aromatic rings. The minimum absolute atomic E-state index is 0.101. The molecule has 0 spiro atoms. The molecule has 2 aromatic heterocycles. The van der Waals surface area contributed by atoms with Gasteiger partial charge in [-0.05, 0) is 12.1 Å². The summed E-state index contributed by atoms with van der Waals surface area (Å²) in [6.07, 6.45) is 1.06. The third kappa shape index (κ3) is 3.32. The average molecular weight is 311 g/mol. The van der Waals surface area contributed by atoms with Crippen molar-refractivity contribution in [3.05, 3.63) is 66.1 Å². The Hall–Kier alpha value is -2.86. The maximum Gasteiger partial charge on any atom is 0.273 e. The smallest absolute Gasteiger partial charge is 0.273 e. The van der Waals surface area contributed by atoms with E-state index in [2.05, 4.69) is 10.5 Å². The van der Waals surface area contributed by atoms with E-state index in [0.717, 1.165) is 11.3 Å². The van der Waals surface area contributed by atoms with E-state index >= 15 is 0 Å². The van der Waals surface area contributed by atoms with Gasteiger partial charge in [-0.3, -0.25) is 4.79 Å². The van der Waals surface area contributed by atoms with Crippen LogP contribution in [0.1, 0.15) is 22.3 Å². The molecule has 3 rings (SSSR count). The highest BCUT2D eigenvalue weighted by atomic mass is 16.5. The first kappa shape index (κ1) is 15.1. The van der Waals surface area contributed by atoms with E-state index in [4.69, 9.17) is 4.52 Å². The number of aliphatic hydroxyl groups is 1. The molecule has 23 heavy (non-hydrogen) atoms. The van der Waals surface area contributed by atoms with Crippen molar-refractivity contribution in [3.8, 4) is 11.3 Å². The topological polar surface area (TPSA) is 80.3 Å². The normalized spacial score (nSPS) is 12.1. The highest BCUT2D eigenvalue weighted by Crippen LogP contribution is 2.19. The zero-order chi connectivity index (χ0) is 16.2. The van der Waals surface area contributed by atoms with Crippen molar-refractivity contribution in [1.82, 2.24) is 15.0 Å². The molecule has 1 amide bonds. The van der Waals surface area contributed by atoms with Gasteiger partial charge in [0.2, 0.25) is 0 Å². The van der Waals surface area contributed by atoms with E-state index in [1.165, 1.54) is 0 Å². The van der Waals surface area contributed by atoms with Crippen LogP contribution in [0, 0.1) is 0 Å². The zero-order valence-corrected chi connectivity index (χ0v) is 12.6. The molecular weight excluding hydrogens is 294 g/mol. The third-order valence-corrected chi connectivity index (χ3v) is 3.58. The predicted molar refractivity (Wildman–Crippen MR) is 84.6 cm³/mol. The Balaban J connectivity index is 1.63. The van der Waals surface area contributed by atoms with Gasteiger partial charge < -0.3 is 19.5 Å². The second kappa shape index (κ2) is 6.50. The number of nitrogens with one attached hydrogen (secondary N) is 1. The summed E-state index contributed by atoms with van der Waals surface area (Å²) < 4.78 is 7.00. The molecule has 0 aliphatic carbocycles. The molecule has 1 atom stereocenters. The van der Waals surface area contributed by atoms with E-state index in [9.17, 15) is 9.90 Å². The maximum absolute atomic E-state index is 12.1. The number of amides is 1. The molecule has 2 heterocycles. The van der Waals surface area contributed by atoms with Crippen molar-refractivity contribution in [3.63, 3.8) is 0 Å². The molecule has 0 unspecified atom stereocenters. The maximum atomic E-state index is 12.1. The van der Waals surface area contributed by atoms with Crippen molar-refractivity contribution < 1.29 is 14.4 Å². The first-order valence-corrected chi connectivity index (χ1v) is 7.25. The molecule has 0 saturated carbocycles. The molecule has 2 N–H and O–H groups in total. The molecule has 0 bridgehead atoms. The van der Waals surface area contributed by atoms with Crippen LogP contribution in [0.4, 0.5) is 0 Å². The fourth-order valence-electron chi connectivity index (χ4n) is 2.33. The van der Waals surface area contributed by atoms with Crippen LogP contribution in [0.15, 0.2) is 59.3 Å². The number of aliphatic hydroxyl groups excluding tert-OH is 1. The third-order valence-electron chi connectivity index (χ3n) is 3.58. The fraction of sp³-hybridized carbons (Fsp3) is 0.176. The quantitative estimate of drug-likeness (QED) is 0.756. The summed E-state index contributed by atoms with van der Waals surface area (Å²) in [5.41, 5.74) is 1.77. The monoisotopic (exact) mass is 311 g/mol. The van der Waals surface area contributed by atoms with Crippen molar-refractivity contribution in [2.24, 2.45) is 7.05 Å². The van der Waals surface area contributed by atoms with Crippen molar-refractivity contribution in [2.45, 2.75) is 6.10 Å². The zero-order valence-electron chi connectivity index (χ0n) is 12.6. The van der Waals surface area contributed by atoms with Gasteiger partial charge in [0, 0.05) is 37.1 Å². The molecule has 1 aromatic carbocycles. The van der Waals surface area contributed by atoms with Gasteiger partial charge in [0.25, 0.3) is 5.91 Å². The van der Waals surface area contributed by atoms with Gasteiger partial charge in [-0.25, -0.2) is 0 Å². The van der Waals surface area contributed by atoms with Gasteiger partial charge in [-0.2, -0.15) is 0 Å². The van der Waals surface area contributed by atoms with Crippen LogP contribution in [-0.4, -0.2) is 27.3 Å². The van der Waals surface area contributed by atoms with E-state index in [1.807, 2.05) is 49.6 Å². The molecule has 0 aliphatic rings.